The Kier molecular flexibility index (Phi) is 3.79. The average molecular weight is 195 g/mol. The Balaban J connectivity index is 2.38. The van der Waals surface area contributed by atoms with E-state index in [1.54, 1.807) is 31.2 Å². The van der Waals surface area contributed by atoms with Crippen molar-refractivity contribution in [3.05, 3.63) is 29.8 Å². The maximum Gasteiger partial charge on any atom is 0.508 e. The summed E-state index contributed by atoms with van der Waals surface area (Å²) in [6.07, 6.45) is -0.649. The molecule has 0 aliphatic rings. The zero-order valence-electron chi connectivity index (χ0n) is 8.03. The lowest BCUT2D eigenvalue weighted by atomic mass is 10.2. The molecule has 0 aliphatic carbocycles. The Labute approximate surface area is 82.6 Å². The highest BCUT2D eigenvalue weighted by Crippen LogP contribution is 2.06. The summed E-state index contributed by atoms with van der Waals surface area (Å²) in [5.41, 5.74) is 7.06. The van der Waals surface area contributed by atoms with Crippen LogP contribution in [0.1, 0.15) is 12.5 Å². The van der Waals surface area contributed by atoms with Crippen LogP contribution in [0.2, 0.25) is 0 Å². The van der Waals surface area contributed by atoms with Crippen molar-refractivity contribution in [3.63, 3.8) is 0 Å². The van der Waals surface area contributed by atoms with Crippen LogP contribution in [0.25, 0.3) is 0 Å². The van der Waals surface area contributed by atoms with Gasteiger partial charge in [-0.1, -0.05) is 12.1 Å². The lowest BCUT2D eigenvalue weighted by Crippen LogP contribution is -2.06. The van der Waals surface area contributed by atoms with Crippen LogP contribution in [0.4, 0.5) is 10.5 Å². The maximum absolute atomic E-state index is 10.8. The fourth-order valence-electron chi connectivity index (χ4n) is 0.916. The van der Waals surface area contributed by atoms with Gasteiger partial charge in [-0.3, -0.25) is 0 Å². The second-order valence-corrected chi connectivity index (χ2v) is 2.71. The Hall–Kier alpha value is -1.71. The van der Waals surface area contributed by atoms with Crippen LogP contribution in [0, 0.1) is 0 Å². The summed E-state index contributed by atoms with van der Waals surface area (Å²) in [6, 6.07) is 7.11. The van der Waals surface area contributed by atoms with E-state index in [0.29, 0.717) is 12.3 Å². The highest BCUT2D eigenvalue weighted by Gasteiger charge is 2.01. The number of nitrogens with two attached hydrogens (primary N) is 1. The Morgan fingerprint density at radius 3 is 2.50 bits per heavy atom. The molecule has 0 heterocycles. The molecule has 76 valence electrons. The first kappa shape index (κ1) is 10.4. The SMILES string of the molecule is CCOC(=O)OCc1ccc(N)cc1. The predicted molar refractivity (Wildman–Crippen MR) is 52.7 cm³/mol. The molecule has 0 saturated heterocycles. The van der Waals surface area contributed by atoms with Gasteiger partial charge in [0.25, 0.3) is 0 Å². The summed E-state index contributed by atoms with van der Waals surface area (Å²) in [7, 11) is 0. The van der Waals surface area contributed by atoms with E-state index in [4.69, 9.17) is 10.5 Å². The van der Waals surface area contributed by atoms with Gasteiger partial charge in [0.1, 0.15) is 6.61 Å². The van der Waals surface area contributed by atoms with E-state index in [0.717, 1.165) is 5.56 Å². The molecule has 2 N–H and O–H groups in total. The van der Waals surface area contributed by atoms with Crippen LogP contribution in [0.3, 0.4) is 0 Å². The summed E-state index contributed by atoms with van der Waals surface area (Å²) in [5.74, 6) is 0. The van der Waals surface area contributed by atoms with Crippen molar-refractivity contribution in [2.24, 2.45) is 0 Å². The number of carbonyl (C=O) groups excluding carboxylic acids is 1. The van der Waals surface area contributed by atoms with Gasteiger partial charge in [-0.15, -0.1) is 0 Å². The van der Waals surface area contributed by atoms with Crippen molar-refractivity contribution in [2.45, 2.75) is 13.5 Å². The molecule has 4 heteroatoms. The zero-order chi connectivity index (χ0) is 10.4. The van der Waals surface area contributed by atoms with Crippen molar-refractivity contribution in [3.8, 4) is 0 Å². The standard InChI is InChI=1S/C10H13NO3/c1-2-13-10(12)14-7-8-3-5-9(11)6-4-8/h3-6H,2,7,11H2,1H3. The monoisotopic (exact) mass is 195 g/mol. The number of anilines is 1. The number of carbonyl (C=O) groups is 1. The lowest BCUT2D eigenvalue weighted by molar-refractivity contribution is 0.0536. The van der Waals surface area contributed by atoms with Crippen LogP contribution in [-0.2, 0) is 16.1 Å². The zero-order valence-corrected chi connectivity index (χ0v) is 8.03. The van der Waals surface area contributed by atoms with E-state index < -0.39 is 6.16 Å². The molecule has 0 atom stereocenters. The molecule has 1 aromatic carbocycles. The summed E-state index contributed by atoms with van der Waals surface area (Å²) >= 11 is 0. The van der Waals surface area contributed by atoms with E-state index >= 15 is 0 Å². The predicted octanol–water partition coefficient (Wildman–Crippen LogP) is 1.94. The van der Waals surface area contributed by atoms with Gasteiger partial charge in [0, 0.05) is 5.69 Å². The molecular formula is C10H13NO3. The molecule has 0 aliphatic heterocycles. The summed E-state index contributed by atoms with van der Waals surface area (Å²) in [5, 5.41) is 0. The summed E-state index contributed by atoms with van der Waals surface area (Å²) in [6.45, 7) is 2.25. The minimum Gasteiger partial charge on any atom is -0.435 e. The molecule has 14 heavy (non-hydrogen) atoms. The molecule has 0 unspecified atom stereocenters. The van der Waals surface area contributed by atoms with E-state index in [1.165, 1.54) is 0 Å². The van der Waals surface area contributed by atoms with Crippen molar-refractivity contribution in [1.82, 2.24) is 0 Å². The molecule has 1 aromatic rings. The van der Waals surface area contributed by atoms with Gasteiger partial charge in [-0.05, 0) is 24.6 Å². The highest BCUT2D eigenvalue weighted by molar-refractivity contribution is 5.59. The van der Waals surface area contributed by atoms with Gasteiger partial charge < -0.3 is 15.2 Å². The van der Waals surface area contributed by atoms with Crippen LogP contribution >= 0.6 is 0 Å². The molecule has 0 spiro atoms. The van der Waals surface area contributed by atoms with Crippen molar-refractivity contribution in [1.29, 1.82) is 0 Å². The van der Waals surface area contributed by atoms with Gasteiger partial charge in [0.2, 0.25) is 0 Å². The van der Waals surface area contributed by atoms with Crippen LogP contribution < -0.4 is 5.73 Å². The average Bonchev–Trinajstić information content (AvgIpc) is 2.17. The van der Waals surface area contributed by atoms with Crippen LogP contribution in [-0.4, -0.2) is 12.8 Å². The number of hydrogen-bond donors (Lipinski definition) is 1. The molecular weight excluding hydrogens is 182 g/mol. The minimum atomic E-state index is -0.649. The third-order valence-electron chi connectivity index (χ3n) is 1.60. The van der Waals surface area contributed by atoms with E-state index in [1.807, 2.05) is 0 Å². The van der Waals surface area contributed by atoms with E-state index in [9.17, 15) is 4.79 Å². The van der Waals surface area contributed by atoms with Crippen molar-refractivity contribution >= 4 is 11.8 Å². The van der Waals surface area contributed by atoms with Gasteiger partial charge in [0.05, 0.1) is 6.61 Å². The minimum absolute atomic E-state index is 0.207. The largest absolute Gasteiger partial charge is 0.508 e. The molecule has 0 fully saturated rings. The van der Waals surface area contributed by atoms with Crippen molar-refractivity contribution in [2.75, 3.05) is 12.3 Å². The molecule has 0 amide bonds. The molecule has 0 saturated carbocycles. The van der Waals surface area contributed by atoms with Gasteiger partial charge >= 0.3 is 6.16 Å². The van der Waals surface area contributed by atoms with E-state index in [2.05, 4.69) is 4.74 Å². The van der Waals surface area contributed by atoms with Gasteiger partial charge in [-0.2, -0.15) is 0 Å². The number of hydrogen-bond acceptors (Lipinski definition) is 4. The first-order valence-electron chi connectivity index (χ1n) is 4.36. The number of nitrogen functional groups attached to an aromatic ring is 1. The Morgan fingerprint density at radius 2 is 1.93 bits per heavy atom. The third kappa shape index (κ3) is 3.35. The first-order valence-corrected chi connectivity index (χ1v) is 4.36. The molecule has 1 rings (SSSR count). The van der Waals surface area contributed by atoms with Crippen molar-refractivity contribution < 1.29 is 14.3 Å². The lowest BCUT2D eigenvalue weighted by Gasteiger charge is -2.04. The topological polar surface area (TPSA) is 61.5 Å². The Bertz CT molecular complexity index is 295. The summed E-state index contributed by atoms with van der Waals surface area (Å²) < 4.78 is 9.41. The van der Waals surface area contributed by atoms with Gasteiger partial charge in [-0.25, -0.2) is 4.79 Å². The second-order valence-electron chi connectivity index (χ2n) is 2.71. The fourth-order valence-corrected chi connectivity index (χ4v) is 0.916. The number of rotatable bonds is 3. The normalized spacial score (nSPS) is 9.50. The molecule has 0 aromatic heterocycles. The molecule has 0 bridgehead atoms. The summed E-state index contributed by atoms with van der Waals surface area (Å²) in [4.78, 5) is 10.8. The highest BCUT2D eigenvalue weighted by atomic mass is 16.7. The number of benzene rings is 1. The maximum atomic E-state index is 10.8. The quantitative estimate of drug-likeness (QED) is 0.591. The van der Waals surface area contributed by atoms with E-state index in [-0.39, 0.29) is 6.61 Å². The smallest absolute Gasteiger partial charge is 0.435 e. The third-order valence-corrected chi connectivity index (χ3v) is 1.60. The first-order chi connectivity index (χ1) is 6.72. The van der Waals surface area contributed by atoms with Gasteiger partial charge in [0.15, 0.2) is 0 Å². The Morgan fingerprint density at radius 1 is 1.29 bits per heavy atom. The molecule has 0 radical (unpaired) electrons. The second kappa shape index (κ2) is 5.11. The number of ether oxygens (including phenoxy) is 2. The van der Waals surface area contributed by atoms with Crippen LogP contribution in [0.15, 0.2) is 24.3 Å². The molecule has 4 nitrogen and oxygen atoms in total. The fraction of sp³-hybridized carbons (Fsp3) is 0.300. The van der Waals surface area contributed by atoms with Crippen LogP contribution in [0.5, 0.6) is 0 Å².